The van der Waals surface area contributed by atoms with E-state index >= 15 is 0 Å². The first-order valence-corrected chi connectivity index (χ1v) is 6.91. The number of nitrogens with zero attached hydrogens (tertiary/aromatic N) is 1. The average molecular weight is 295 g/mol. The van der Waals surface area contributed by atoms with Gasteiger partial charge in [0.25, 0.3) is 11.6 Å². The number of amides is 1. The van der Waals surface area contributed by atoms with Crippen LogP contribution in [0.3, 0.4) is 0 Å². The number of benzene rings is 1. The van der Waals surface area contributed by atoms with E-state index in [-0.39, 0.29) is 24.1 Å². The van der Waals surface area contributed by atoms with Crippen molar-refractivity contribution in [1.82, 2.24) is 5.32 Å². The molecular weight excluding hydrogens is 274 g/mol. The van der Waals surface area contributed by atoms with Crippen LogP contribution in [0.2, 0.25) is 0 Å². The van der Waals surface area contributed by atoms with Crippen LogP contribution in [0.15, 0.2) is 18.2 Å². The first kappa shape index (κ1) is 16.9. The highest BCUT2D eigenvalue weighted by Gasteiger charge is 2.17. The zero-order chi connectivity index (χ0) is 15.8. The van der Waals surface area contributed by atoms with Crippen LogP contribution < -0.4 is 10.6 Å². The molecule has 116 valence electrons. The number of aliphatic hydroxyl groups is 1. The molecule has 1 unspecified atom stereocenters. The zero-order valence-corrected chi connectivity index (χ0v) is 12.3. The predicted molar refractivity (Wildman–Crippen MR) is 80.5 cm³/mol. The van der Waals surface area contributed by atoms with Crippen LogP contribution in [0.4, 0.5) is 11.4 Å². The molecule has 0 aromatic heterocycles. The highest BCUT2D eigenvalue weighted by Crippen LogP contribution is 2.26. The molecule has 0 fully saturated rings. The Morgan fingerprint density at radius 3 is 2.76 bits per heavy atom. The summed E-state index contributed by atoms with van der Waals surface area (Å²) >= 11 is 0. The van der Waals surface area contributed by atoms with Crippen LogP contribution in [-0.4, -0.2) is 35.6 Å². The van der Waals surface area contributed by atoms with Gasteiger partial charge < -0.3 is 15.7 Å². The van der Waals surface area contributed by atoms with Gasteiger partial charge in [-0.05, 0) is 31.4 Å². The molecule has 0 bridgehead atoms. The number of hydrogen-bond donors (Lipinski definition) is 3. The fourth-order valence-electron chi connectivity index (χ4n) is 1.85. The molecule has 1 rings (SSSR count). The number of anilines is 1. The fraction of sp³-hybridized carbons (Fsp3) is 0.500. The Hall–Kier alpha value is -2.15. The Morgan fingerprint density at radius 1 is 1.48 bits per heavy atom. The molecule has 0 spiro atoms. The van der Waals surface area contributed by atoms with Crippen molar-refractivity contribution in [3.05, 3.63) is 33.9 Å². The van der Waals surface area contributed by atoms with Crippen molar-refractivity contribution < 1.29 is 14.8 Å². The van der Waals surface area contributed by atoms with Crippen molar-refractivity contribution in [2.24, 2.45) is 5.92 Å². The van der Waals surface area contributed by atoms with Gasteiger partial charge in [0.2, 0.25) is 0 Å². The number of rotatable bonds is 8. The number of nitro benzene ring substituents is 1. The summed E-state index contributed by atoms with van der Waals surface area (Å²) in [4.78, 5) is 22.3. The Bertz CT molecular complexity index is 505. The minimum absolute atomic E-state index is 0.0701. The quantitative estimate of drug-likeness (QED) is 0.501. The molecule has 0 aliphatic heterocycles. The van der Waals surface area contributed by atoms with Crippen LogP contribution in [0.5, 0.6) is 0 Å². The Kier molecular flexibility index (Phi) is 6.61. The number of hydrogen-bond acceptors (Lipinski definition) is 5. The molecule has 21 heavy (non-hydrogen) atoms. The van der Waals surface area contributed by atoms with E-state index in [0.29, 0.717) is 30.8 Å². The molecule has 0 aliphatic rings. The Labute approximate surface area is 123 Å². The third kappa shape index (κ3) is 5.03. The average Bonchev–Trinajstić information content (AvgIpc) is 2.45. The van der Waals surface area contributed by atoms with Crippen LogP contribution in [-0.2, 0) is 0 Å². The van der Waals surface area contributed by atoms with Crippen LogP contribution >= 0.6 is 0 Å². The largest absolute Gasteiger partial charge is 0.396 e. The number of nitro groups is 1. The Morgan fingerprint density at radius 2 is 2.19 bits per heavy atom. The number of nitrogens with one attached hydrogen (secondary N) is 2. The van der Waals surface area contributed by atoms with Crippen molar-refractivity contribution in [2.45, 2.75) is 20.3 Å². The highest BCUT2D eigenvalue weighted by molar-refractivity contribution is 5.95. The van der Waals surface area contributed by atoms with E-state index in [9.17, 15) is 14.9 Å². The molecule has 1 aromatic rings. The monoisotopic (exact) mass is 295 g/mol. The van der Waals surface area contributed by atoms with E-state index in [4.69, 9.17) is 5.11 Å². The molecule has 0 heterocycles. The van der Waals surface area contributed by atoms with Crippen molar-refractivity contribution in [3.8, 4) is 0 Å². The van der Waals surface area contributed by atoms with Gasteiger partial charge in [0.05, 0.1) is 4.92 Å². The van der Waals surface area contributed by atoms with Gasteiger partial charge in [-0.1, -0.05) is 6.92 Å². The summed E-state index contributed by atoms with van der Waals surface area (Å²) in [7, 11) is 0. The molecule has 0 radical (unpaired) electrons. The second-order valence-corrected chi connectivity index (χ2v) is 4.85. The van der Waals surface area contributed by atoms with Crippen LogP contribution in [0, 0.1) is 16.0 Å². The number of carbonyl (C=O) groups is 1. The maximum absolute atomic E-state index is 11.8. The van der Waals surface area contributed by atoms with Crippen molar-refractivity contribution in [3.63, 3.8) is 0 Å². The molecule has 0 aliphatic carbocycles. The van der Waals surface area contributed by atoms with Gasteiger partial charge in [-0.2, -0.15) is 0 Å². The Balaban J connectivity index is 2.93. The van der Waals surface area contributed by atoms with Gasteiger partial charge in [-0.3, -0.25) is 14.9 Å². The number of aliphatic hydroxyl groups excluding tert-OH is 1. The smallest absolute Gasteiger partial charge is 0.292 e. The van der Waals surface area contributed by atoms with Gasteiger partial charge in [0.1, 0.15) is 5.69 Å². The minimum Gasteiger partial charge on any atom is -0.396 e. The molecule has 7 heteroatoms. The van der Waals surface area contributed by atoms with Gasteiger partial charge in [0, 0.05) is 31.3 Å². The molecule has 3 N–H and O–H groups in total. The first-order valence-electron chi connectivity index (χ1n) is 6.91. The van der Waals surface area contributed by atoms with E-state index in [1.54, 1.807) is 6.92 Å². The molecule has 0 saturated heterocycles. The third-order valence-electron chi connectivity index (χ3n) is 3.06. The van der Waals surface area contributed by atoms with E-state index in [1.807, 2.05) is 6.92 Å². The fourth-order valence-corrected chi connectivity index (χ4v) is 1.85. The van der Waals surface area contributed by atoms with Gasteiger partial charge in [-0.25, -0.2) is 0 Å². The summed E-state index contributed by atoms with van der Waals surface area (Å²) in [6.07, 6.45) is 0.608. The van der Waals surface area contributed by atoms with E-state index in [2.05, 4.69) is 10.6 Å². The van der Waals surface area contributed by atoms with Crippen molar-refractivity contribution >= 4 is 17.3 Å². The second kappa shape index (κ2) is 8.21. The van der Waals surface area contributed by atoms with E-state index < -0.39 is 4.92 Å². The molecule has 7 nitrogen and oxygen atoms in total. The van der Waals surface area contributed by atoms with Crippen molar-refractivity contribution in [1.29, 1.82) is 0 Å². The molecule has 0 saturated carbocycles. The second-order valence-electron chi connectivity index (χ2n) is 4.85. The number of carbonyl (C=O) groups excluding carboxylic acids is 1. The summed E-state index contributed by atoms with van der Waals surface area (Å²) in [6, 6.07) is 4.24. The first-order chi connectivity index (χ1) is 9.99. The third-order valence-corrected chi connectivity index (χ3v) is 3.06. The normalized spacial score (nSPS) is 11.8. The molecule has 1 aromatic carbocycles. The highest BCUT2D eigenvalue weighted by atomic mass is 16.6. The lowest BCUT2D eigenvalue weighted by atomic mass is 10.1. The maximum atomic E-state index is 11.8. The summed E-state index contributed by atoms with van der Waals surface area (Å²) < 4.78 is 0. The van der Waals surface area contributed by atoms with Gasteiger partial charge in [-0.15, -0.1) is 0 Å². The standard InChI is InChI=1S/C14H21N3O4/c1-3-15-14(19)11-4-5-13(17(20)21)12(8-11)16-9-10(2)6-7-18/h4-5,8,10,16,18H,3,6-7,9H2,1-2H3,(H,15,19). The lowest BCUT2D eigenvalue weighted by molar-refractivity contribution is -0.384. The maximum Gasteiger partial charge on any atom is 0.292 e. The summed E-state index contributed by atoms with van der Waals surface area (Å²) in [6.45, 7) is 4.79. The van der Waals surface area contributed by atoms with Crippen LogP contribution in [0.1, 0.15) is 30.6 Å². The lowest BCUT2D eigenvalue weighted by Gasteiger charge is -2.13. The van der Waals surface area contributed by atoms with E-state index in [0.717, 1.165) is 0 Å². The minimum atomic E-state index is -0.486. The molecule has 1 atom stereocenters. The van der Waals surface area contributed by atoms with Gasteiger partial charge in [0.15, 0.2) is 0 Å². The SMILES string of the molecule is CCNC(=O)c1ccc([N+](=O)[O-])c(NCC(C)CCO)c1. The molecular formula is C14H21N3O4. The van der Waals surface area contributed by atoms with E-state index in [1.165, 1.54) is 18.2 Å². The topological polar surface area (TPSA) is 104 Å². The zero-order valence-electron chi connectivity index (χ0n) is 12.3. The summed E-state index contributed by atoms with van der Waals surface area (Å²) in [5, 5.41) is 25.5. The van der Waals surface area contributed by atoms with Crippen LogP contribution in [0.25, 0.3) is 0 Å². The molecule has 1 amide bonds. The lowest BCUT2D eigenvalue weighted by Crippen LogP contribution is -2.23. The van der Waals surface area contributed by atoms with Crippen molar-refractivity contribution in [2.75, 3.05) is 25.0 Å². The predicted octanol–water partition coefficient (Wildman–Crippen LogP) is 1.77. The summed E-state index contributed by atoms with van der Waals surface area (Å²) in [5.74, 6) is -0.0958. The summed E-state index contributed by atoms with van der Waals surface area (Å²) in [5.41, 5.74) is 0.618. The van der Waals surface area contributed by atoms with Gasteiger partial charge >= 0.3 is 0 Å².